The van der Waals surface area contributed by atoms with E-state index in [0.29, 0.717) is 19.1 Å². The highest BCUT2D eigenvalue weighted by Crippen LogP contribution is 2.31. The van der Waals surface area contributed by atoms with Crippen molar-refractivity contribution in [3.05, 3.63) is 0 Å². The second kappa shape index (κ2) is 11.0. The van der Waals surface area contributed by atoms with E-state index < -0.39 is 23.6 Å². The van der Waals surface area contributed by atoms with Crippen LogP contribution in [0.25, 0.3) is 0 Å². The maximum Gasteiger partial charge on any atom is 0.242 e. The van der Waals surface area contributed by atoms with Gasteiger partial charge in [-0.2, -0.15) is 5.53 Å². The van der Waals surface area contributed by atoms with Crippen molar-refractivity contribution in [3.63, 3.8) is 0 Å². The molecule has 3 rings (SSSR count). The third-order valence-corrected chi connectivity index (χ3v) is 7.19. The summed E-state index contributed by atoms with van der Waals surface area (Å²) in [6, 6.07) is -1.18. The molecule has 0 aromatic heterocycles. The number of likely N-dealkylation sites (tertiary alicyclic amines) is 1. The number of carbonyl (C=O) groups excluding carboxylic acids is 2. The summed E-state index contributed by atoms with van der Waals surface area (Å²) in [4.78, 5) is 27.5. The molecule has 1 saturated carbocycles. The van der Waals surface area contributed by atoms with Crippen LogP contribution in [-0.4, -0.2) is 95.1 Å². The van der Waals surface area contributed by atoms with Gasteiger partial charge in [-0.3, -0.25) is 9.59 Å². The van der Waals surface area contributed by atoms with Crippen molar-refractivity contribution in [3.8, 4) is 0 Å². The van der Waals surface area contributed by atoms with Gasteiger partial charge in [0.25, 0.3) is 0 Å². The second-order valence-corrected chi connectivity index (χ2v) is 11.0. The minimum absolute atomic E-state index is 0.00785. The summed E-state index contributed by atoms with van der Waals surface area (Å²) in [6.45, 7) is 9.09. The van der Waals surface area contributed by atoms with Crippen molar-refractivity contribution < 1.29 is 24.5 Å². The van der Waals surface area contributed by atoms with Crippen LogP contribution >= 0.6 is 0 Å². The van der Waals surface area contributed by atoms with Crippen molar-refractivity contribution in [2.75, 3.05) is 26.7 Å². The molecular weight excluding hydrogens is 426 g/mol. The maximum atomic E-state index is 13.6. The highest BCUT2D eigenvalue weighted by atomic mass is 16.5. The van der Waals surface area contributed by atoms with Crippen LogP contribution in [0.2, 0.25) is 0 Å². The van der Waals surface area contributed by atoms with Gasteiger partial charge in [-0.15, -0.1) is 0 Å². The third-order valence-electron chi connectivity index (χ3n) is 7.19. The van der Waals surface area contributed by atoms with Crippen molar-refractivity contribution in [1.82, 2.24) is 26.2 Å². The smallest absolute Gasteiger partial charge is 0.242 e. The molecule has 0 bridgehead atoms. The van der Waals surface area contributed by atoms with E-state index in [9.17, 15) is 19.8 Å². The van der Waals surface area contributed by atoms with Crippen LogP contribution in [0.3, 0.4) is 0 Å². The Morgan fingerprint density at radius 1 is 1.21 bits per heavy atom. The van der Waals surface area contributed by atoms with Gasteiger partial charge in [0, 0.05) is 26.6 Å². The van der Waals surface area contributed by atoms with Gasteiger partial charge >= 0.3 is 0 Å². The van der Waals surface area contributed by atoms with Crippen molar-refractivity contribution >= 4 is 11.8 Å². The predicted molar refractivity (Wildman–Crippen MR) is 124 cm³/mol. The van der Waals surface area contributed by atoms with Gasteiger partial charge in [-0.1, -0.05) is 27.2 Å². The van der Waals surface area contributed by atoms with E-state index in [0.717, 1.165) is 25.7 Å². The Balaban J connectivity index is 1.61. The molecule has 3 fully saturated rings. The Kier molecular flexibility index (Phi) is 8.74. The third kappa shape index (κ3) is 6.43. The highest BCUT2D eigenvalue weighted by Gasteiger charge is 2.47. The van der Waals surface area contributed by atoms with Crippen LogP contribution in [0, 0.1) is 11.3 Å². The lowest BCUT2D eigenvalue weighted by Crippen LogP contribution is -2.60. The van der Waals surface area contributed by atoms with E-state index in [2.05, 4.69) is 16.3 Å². The second-order valence-electron chi connectivity index (χ2n) is 11.0. The lowest BCUT2D eigenvalue weighted by atomic mass is 9.84. The summed E-state index contributed by atoms with van der Waals surface area (Å²) in [6.07, 6.45) is 3.39. The number of β-amino-alcohol motifs (C(OH)–C–C–N with tert-alkyl or cyclic N) is 1. The molecule has 10 nitrogen and oxygen atoms in total. The van der Waals surface area contributed by atoms with E-state index in [1.165, 1.54) is 4.90 Å². The van der Waals surface area contributed by atoms with Gasteiger partial charge in [0.05, 0.1) is 31.0 Å². The summed E-state index contributed by atoms with van der Waals surface area (Å²) in [5.74, 6) is -0.133. The number of hydrazine groups is 2. The number of ether oxygens (including phenoxy) is 1. The molecule has 2 aliphatic heterocycles. The molecule has 0 aromatic carbocycles. The van der Waals surface area contributed by atoms with Crippen molar-refractivity contribution in [2.45, 2.75) is 96.2 Å². The minimum atomic E-state index is -0.705. The lowest BCUT2D eigenvalue weighted by molar-refractivity contribution is -0.147. The molecule has 0 radical (unpaired) electrons. The molecule has 33 heavy (non-hydrogen) atoms. The molecule has 2 saturated heterocycles. The van der Waals surface area contributed by atoms with Crippen molar-refractivity contribution in [2.24, 2.45) is 11.3 Å². The Hall–Kier alpha value is -1.30. The topological polar surface area (TPSA) is 126 Å². The van der Waals surface area contributed by atoms with E-state index in [1.54, 1.807) is 7.05 Å². The molecule has 1 aliphatic carbocycles. The van der Waals surface area contributed by atoms with Crippen LogP contribution in [0.1, 0.15) is 59.8 Å². The highest BCUT2D eigenvalue weighted by molar-refractivity contribution is 5.90. The Bertz CT molecular complexity index is 685. The standard InChI is InChI=1S/C23H43N5O5/c1-14(29)15-7-6-8-18(9-15)33-13-16-11-28(26-25-16)20(23(2,3)4)22(32)27-12-17(30)10-19(27)21(31)24-5/h14-20,25-26,29-30H,6-13H2,1-5H3,(H,24,31). The van der Waals surface area contributed by atoms with Gasteiger partial charge < -0.3 is 25.2 Å². The first kappa shape index (κ1) is 26.3. The number of hydrogen-bond acceptors (Lipinski definition) is 8. The van der Waals surface area contributed by atoms with Gasteiger partial charge in [-0.05, 0) is 37.5 Å². The molecule has 190 valence electrons. The quantitative estimate of drug-likeness (QED) is 0.346. The predicted octanol–water partition coefficient (Wildman–Crippen LogP) is -0.241. The normalized spacial score (nSPS) is 33.2. The number of nitrogens with zero attached hydrogens (tertiary/aromatic N) is 2. The molecule has 2 amide bonds. The molecule has 3 aliphatic rings. The monoisotopic (exact) mass is 469 g/mol. The fraction of sp³-hybridized carbons (Fsp3) is 0.913. The first-order chi connectivity index (χ1) is 15.5. The van der Waals surface area contributed by atoms with Crippen LogP contribution in [0.15, 0.2) is 0 Å². The van der Waals surface area contributed by atoms with Crippen molar-refractivity contribution in [1.29, 1.82) is 0 Å². The first-order valence-corrected chi connectivity index (χ1v) is 12.3. The first-order valence-electron chi connectivity index (χ1n) is 12.3. The zero-order valence-electron chi connectivity index (χ0n) is 20.7. The average Bonchev–Trinajstić information content (AvgIpc) is 3.37. The molecule has 0 spiro atoms. The molecule has 7 unspecified atom stereocenters. The zero-order valence-corrected chi connectivity index (χ0v) is 20.7. The SMILES string of the molecule is CNC(=O)C1CC(O)CN1C(=O)C(N1CC(COC2CCCC(C(C)O)C2)NN1)C(C)(C)C. The number of rotatable bonds is 7. The maximum absolute atomic E-state index is 13.6. The van der Waals surface area contributed by atoms with Gasteiger partial charge in [0.15, 0.2) is 0 Å². The molecule has 7 atom stereocenters. The molecule has 2 heterocycles. The summed E-state index contributed by atoms with van der Waals surface area (Å²) >= 11 is 0. The number of aliphatic hydroxyl groups excluding tert-OH is 2. The summed E-state index contributed by atoms with van der Waals surface area (Å²) < 4.78 is 6.18. The lowest BCUT2D eigenvalue weighted by Gasteiger charge is -2.39. The van der Waals surface area contributed by atoms with E-state index in [1.807, 2.05) is 32.7 Å². The number of likely N-dealkylation sites (N-methyl/N-ethyl adjacent to an activating group) is 1. The molecule has 5 N–H and O–H groups in total. The summed E-state index contributed by atoms with van der Waals surface area (Å²) in [5.41, 5.74) is 5.98. The van der Waals surface area contributed by atoms with Gasteiger partial charge in [0.2, 0.25) is 11.8 Å². The van der Waals surface area contributed by atoms with Crippen LogP contribution in [0.4, 0.5) is 0 Å². The largest absolute Gasteiger partial charge is 0.393 e. The fourth-order valence-electron chi connectivity index (χ4n) is 5.39. The molecular formula is C23H43N5O5. The number of amides is 2. The number of carbonyl (C=O) groups is 2. The van der Waals surface area contributed by atoms with Gasteiger partial charge in [0.1, 0.15) is 12.1 Å². The van der Waals surface area contributed by atoms with Crippen LogP contribution in [-0.2, 0) is 14.3 Å². The Morgan fingerprint density at radius 2 is 1.94 bits per heavy atom. The zero-order chi connectivity index (χ0) is 24.3. The Morgan fingerprint density at radius 3 is 2.58 bits per heavy atom. The van der Waals surface area contributed by atoms with E-state index in [4.69, 9.17) is 4.74 Å². The summed E-state index contributed by atoms with van der Waals surface area (Å²) in [5, 5.41) is 24.6. The minimum Gasteiger partial charge on any atom is -0.393 e. The fourth-order valence-corrected chi connectivity index (χ4v) is 5.39. The number of nitrogens with one attached hydrogen (secondary N) is 3. The number of hydrogen-bond donors (Lipinski definition) is 5. The number of aliphatic hydroxyl groups is 2. The van der Waals surface area contributed by atoms with Crippen LogP contribution in [0.5, 0.6) is 0 Å². The Labute approximate surface area is 197 Å². The van der Waals surface area contributed by atoms with Gasteiger partial charge in [-0.25, -0.2) is 10.4 Å². The average molecular weight is 470 g/mol. The molecule has 0 aromatic rings. The van der Waals surface area contributed by atoms with E-state index in [-0.39, 0.29) is 43.0 Å². The molecule has 10 heteroatoms. The summed E-state index contributed by atoms with van der Waals surface area (Å²) in [7, 11) is 1.54. The van der Waals surface area contributed by atoms with Crippen LogP contribution < -0.4 is 16.3 Å². The van der Waals surface area contributed by atoms with E-state index >= 15 is 0 Å².